The highest BCUT2D eigenvalue weighted by atomic mass is 32.1. The number of rotatable bonds is 6. The zero-order valence-corrected chi connectivity index (χ0v) is 21.1. The van der Waals surface area contributed by atoms with Crippen molar-refractivity contribution < 1.29 is 23.9 Å². The number of carbonyl (C=O) groups is 3. The molecule has 0 radical (unpaired) electrons. The minimum Gasteiger partial charge on any atom is -0.462 e. The molecule has 0 saturated heterocycles. The standard InChI is InChI=1S/C22H26N6O7S/c1-5-34-20(31)15-12-7-8-27(22(33)35-6-2)9-13(12)36-18(15)24-14(29)10-28-11-23-17-16(28)19(30)26(4)21(32)25(17)3/h11H,5-10H2,1-4H3,(H,24,29). The molecule has 0 aliphatic carbocycles. The van der Waals surface area contributed by atoms with Gasteiger partial charge in [-0.15, -0.1) is 11.3 Å². The highest BCUT2D eigenvalue weighted by Gasteiger charge is 2.31. The van der Waals surface area contributed by atoms with E-state index in [-0.39, 0.29) is 43.0 Å². The fourth-order valence-corrected chi connectivity index (χ4v) is 5.39. The van der Waals surface area contributed by atoms with Crippen LogP contribution >= 0.6 is 11.3 Å². The van der Waals surface area contributed by atoms with Crippen LogP contribution in [0.15, 0.2) is 15.9 Å². The van der Waals surface area contributed by atoms with E-state index >= 15 is 0 Å². The first kappa shape index (κ1) is 25.2. The molecule has 192 valence electrons. The van der Waals surface area contributed by atoms with E-state index in [2.05, 4.69) is 10.3 Å². The summed E-state index contributed by atoms with van der Waals surface area (Å²) in [5, 5.41) is 3.06. The lowest BCUT2D eigenvalue weighted by atomic mass is 10.0. The Hall–Kier alpha value is -3.94. The van der Waals surface area contributed by atoms with Gasteiger partial charge in [0.15, 0.2) is 11.2 Å². The summed E-state index contributed by atoms with van der Waals surface area (Å²) >= 11 is 1.19. The second-order valence-electron chi connectivity index (χ2n) is 8.10. The van der Waals surface area contributed by atoms with Crippen LogP contribution in [0.2, 0.25) is 0 Å². The topological polar surface area (TPSA) is 147 Å². The number of hydrogen-bond donors (Lipinski definition) is 1. The first-order valence-corrected chi connectivity index (χ1v) is 12.1. The van der Waals surface area contributed by atoms with Crippen molar-refractivity contribution in [1.29, 1.82) is 0 Å². The molecule has 0 saturated carbocycles. The van der Waals surface area contributed by atoms with E-state index in [1.165, 1.54) is 40.9 Å². The third-order valence-electron chi connectivity index (χ3n) is 5.85. The van der Waals surface area contributed by atoms with Gasteiger partial charge in [-0.1, -0.05) is 0 Å². The Morgan fingerprint density at radius 3 is 2.53 bits per heavy atom. The van der Waals surface area contributed by atoms with Crippen LogP contribution in [-0.2, 0) is 47.9 Å². The van der Waals surface area contributed by atoms with Gasteiger partial charge in [0.05, 0.1) is 31.6 Å². The summed E-state index contributed by atoms with van der Waals surface area (Å²) in [5.74, 6) is -1.07. The van der Waals surface area contributed by atoms with E-state index in [1.807, 2.05) is 0 Å². The molecule has 1 aliphatic rings. The maximum Gasteiger partial charge on any atom is 0.410 e. The molecular formula is C22H26N6O7S. The molecule has 2 amide bonds. The molecule has 0 spiro atoms. The van der Waals surface area contributed by atoms with Crippen molar-refractivity contribution >= 4 is 45.5 Å². The van der Waals surface area contributed by atoms with Crippen LogP contribution in [0.5, 0.6) is 0 Å². The summed E-state index contributed by atoms with van der Waals surface area (Å²) in [6.45, 7) is 4.17. The molecule has 4 heterocycles. The molecular weight excluding hydrogens is 492 g/mol. The molecule has 0 fully saturated rings. The summed E-state index contributed by atoms with van der Waals surface area (Å²) < 4.78 is 13.8. The van der Waals surface area contributed by atoms with Gasteiger partial charge >= 0.3 is 17.8 Å². The maximum absolute atomic E-state index is 13.0. The summed E-state index contributed by atoms with van der Waals surface area (Å²) in [6.07, 6.45) is 1.28. The van der Waals surface area contributed by atoms with Crippen molar-refractivity contribution in [3.8, 4) is 0 Å². The van der Waals surface area contributed by atoms with Crippen molar-refractivity contribution in [3.05, 3.63) is 43.2 Å². The van der Waals surface area contributed by atoms with Gasteiger partial charge in [-0.2, -0.15) is 0 Å². The predicted octanol–water partition coefficient (Wildman–Crippen LogP) is 0.825. The average Bonchev–Trinajstić information content (AvgIpc) is 3.42. The first-order chi connectivity index (χ1) is 17.2. The molecule has 0 bridgehead atoms. The molecule has 3 aromatic heterocycles. The predicted molar refractivity (Wildman–Crippen MR) is 130 cm³/mol. The van der Waals surface area contributed by atoms with E-state index < -0.39 is 29.2 Å². The van der Waals surface area contributed by atoms with Crippen molar-refractivity contribution in [2.45, 2.75) is 33.4 Å². The van der Waals surface area contributed by atoms with Gasteiger partial charge in [0, 0.05) is 25.5 Å². The Bertz CT molecular complexity index is 1480. The number of aryl methyl sites for hydroxylation is 1. The molecule has 1 N–H and O–H groups in total. The lowest BCUT2D eigenvalue weighted by Crippen LogP contribution is -2.37. The van der Waals surface area contributed by atoms with Gasteiger partial charge in [0.25, 0.3) is 5.56 Å². The molecule has 0 unspecified atom stereocenters. The molecule has 1 aliphatic heterocycles. The number of anilines is 1. The normalized spacial score (nSPS) is 12.9. The Morgan fingerprint density at radius 1 is 1.11 bits per heavy atom. The summed E-state index contributed by atoms with van der Waals surface area (Å²) in [4.78, 5) is 69.2. The van der Waals surface area contributed by atoms with E-state index in [9.17, 15) is 24.0 Å². The van der Waals surface area contributed by atoms with Crippen LogP contribution in [0.3, 0.4) is 0 Å². The van der Waals surface area contributed by atoms with E-state index in [4.69, 9.17) is 9.47 Å². The summed E-state index contributed by atoms with van der Waals surface area (Å²) in [5.41, 5.74) is 0.164. The first-order valence-electron chi connectivity index (χ1n) is 11.3. The number of hydrogen-bond acceptors (Lipinski definition) is 9. The smallest absolute Gasteiger partial charge is 0.410 e. The van der Waals surface area contributed by atoms with Gasteiger partial charge in [-0.3, -0.25) is 18.7 Å². The van der Waals surface area contributed by atoms with E-state index in [0.29, 0.717) is 18.0 Å². The Labute approximate surface area is 208 Å². The molecule has 13 nitrogen and oxygen atoms in total. The summed E-state index contributed by atoms with van der Waals surface area (Å²) in [7, 11) is 2.84. The van der Waals surface area contributed by atoms with E-state index in [1.54, 1.807) is 18.7 Å². The van der Waals surface area contributed by atoms with Crippen LogP contribution < -0.4 is 16.6 Å². The monoisotopic (exact) mass is 518 g/mol. The van der Waals surface area contributed by atoms with Crippen molar-refractivity contribution in [2.24, 2.45) is 14.1 Å². The zero-order chi connectivity index (χ0) is 26.1. The highest BCUT2D eigenvalue weighted by molar-refractivity contribution is 7.17. The number of thiophene rings is 1. The molecule has 0 atom stereocenters. The van der Waals surface area contributed by atoms with Gasteiger partial charge in [0.2, 0.25) is 5.91 Å². The maximum atomic E-state index is 13.0. The third kappa shape index (κ3) is 4.39. The number of fused-ring (bicyclic) bond motifs is 2. The quantitative estimate of drug-likeness (QED) is 0.472. The van der Waals surface area contributed by atoms with Crippen LogP contribution in [0.25, 0.3) is 11.2 Å². The minimum atomic E-state index is -0.573. The molecule has 4 rings (SSSR count). The van der Waals surface area contributed by atoms with Crippen LogP contribution in [-0.4, -0.2) is 61.3 Å². The van der Waals surface area contributed by atoms with E-state index in [0.717, 1.165) is 15.0 Å². The number of esters is 1. The lowest BCUT2D eigenvalue weighted by Gasteiger charge is -2.26. The molecule has 3 aromatic rings. The summed E-state index contributed by atoms with van der Waals surface area (Å²) in [6, 6.07) is 0. The van der Waals surface area contributed by atoms with Gasteiger partial charge in [0.1, 0.15) is 11.5 Å². The molecule has 36 heavy (non-hydrogen) atoms. The SMILES string of the molecule is CCOC(=O)c1c(NC(=O)Cn2cnc3c2c(=O)n(C)c(=O)n3C)sc2c1CCN(C(=O)OCC)C2. The lowest BCUT2D eigenvalue weighted by molar-refractivity contribution is -0.116. The average molecular weight is 519 g/mol. The number of nitrogens with one attached hydrogen (secondary N) is 1. The minimum absolute atomic E-state index is 0.107. The Balaban J connectivity index is 1.64. The second-order valence-corrected chi connectivity index (χ2v) is 9.20. The fourth-order valence-electron chi connectivity index (χ4n) is 4.12. The number of ether oxygens (including phenoxy) is 2. The van der Waals surface area contributed by atoms with Crippen LogP contribution in [0.4, 0.5) is 9.80 Å². The Morgan fingerprint density at radius 2 is 1.83 bits per heavy atom. The van der Waals surface area contributed by atoms with Gasteiger partial charge < -0.3 is 24.3 Å². The van der Waals surface area contributed by atoms with Gasteiger partial charge in [-0.25, -0.2) is 19.4 Å². The molecule has 14 heteroatoms. The zero-order valence-electron chi connectivity index (χ0n) is 20.3. The number of imidazole rings is 1. The number of carbonyl (C=O) groups excluding carboxylic acids is 3. The fraction of sp³-hybridized carbons (Fsp3) is 0.455. The van der Waals surface area contributed by atoms with Crippen molar-refractivity contribution in [3.63, 3.8) is 0 Å². The van der Waals surface area contributed by atoms with Crippen LogP contribution in [0.1, 0.15) is 34.6 Å². The third-order valence-corrected chi connectivity index (χ3v) is 6.98. The number of amides is 2. The second kappa shape index (κ2) is 9.97. The number of nitrogens with zero attached hydrogens (tertiary/aromatic N) is 5. The number of aromatic nitrogens is 4. The van der Waals surface area contributed by atoms with Gasteiger partial charge in [-0.05, 0) is 25.8 Å². The largest absolute Gasteiger partial charge is 0.462 e. The van der Waals surface area contributed by atoms with Crippen LogP contribution in [0, 0.1) is 0 Å². The Kier molecular flexibility index (Phi) is 6.97. The molecule has 0 aromatic carbocycles. The van der Waals surface area contributed by atoms with Crippen molar-refractivity contribution in [2.75, 3.05) is 25.1 Å². The highest BCUT2D eigenvalue weighted by Crippen LogP contribution is 2.38. The van der Waals surface area contributed by atoms with Crippen molar-refractivity contribution in [1.82, 2.24) is 23.6 Å².